The summed E-state index contributed by atoms with van der Waals surface area (Å²) in [6.07, 6.45) is 0. The van der Waals surface area contributed by atoms with Crippen molar-refractivity contribution in [1.29, 1.82) is 0 Å². The maximum absolute atomic E-state index is 6.08. The van der Waals surface area contributed by atoms with Crippen LogP contribution in [-0.4, -0.2) is 17.1 Å². The van der Waals surface area contributed by atoms with Crippen molar-refractivity contribution in [2.24, 2.45) is 5.73 Å². The Morgan fingerprint density at radius 3 is 2.76 bits per heavy atom. The third kappa shape index (κ3) is 2.28. The summed E-state index contributed by atoms with van der Waals surface area (Å²) in [4.78, 5) is 7.55. The Morgan fingerprint density at radius 2 is 2.24 bits per heavy atom. The second-order valence-corrected chi connectivity index (χ2v) is 4.12. The van der Waals surface area contributed by atoms with Gasteiger partial charge in [-0.1, -0.05) is 11.6 Å². The Hall–Kier alpha value is -1.52. The predicted molar refractivity (Wildman–Crippen MR) is 68.2 cm³/mol. The highest BCUT2D eigenvalue weighted by atomic mass is 35.5. The molecule has 0 aliphatic carbocycles. The fourth-order valence-corrected chi connectivity index (χ4v) is 1.97. The third-order valence-electron chi connectivity index (χ3n) is 2.55. The summed E-state index contributed by atoms with van der Waals surface area (Å²) in [5, 5.41) is 0.571. The molecule has 5 heteroatoms. The van der Waals surface area contributed by atoms with E-state index in [9.17, 15) is 0 Å². The van der Waals surface area contributed by atoms with Crippen LogP contribution in [0, 0.1) is 6.92 Å². The number of ether oxygens (including phenoxy) is 1. The van der Waals surface area contributed by atoms with E-state index in [1.807, 2.05) is 25.1 Å². The monoisotopic (exact) mass is 251 g/mol. The van der Waals surface area contributed by atoms with Gasteiger partial charge in [-0.3, -0.25) is 0 Å². The van der Waals surface area contributed by atoms with Gasteiger partial charge in [0, 0.05) is 11.3 Å². The first-order valence-electron chi connectivity index (χ1n) is 5.25. The Labute approximate surface area is 105 Å². The number of imidazole rings is 1. The maximum Gasteiger partial charge on any atom is 0.137 e. The molecule has 2 aromatic rings. The molecule has 0 unspecified atom stereocenters. The maximum atomic E-state index is 6.08. The van der Waals surface area contributed by atoms with Crippen LogP contribution in [0.1, 0.15) is 11.5 Å². The minimum Gasteiger partial charge on any atom is -0.495 e. The summed E-state index contributed by atoms with van der Waals surface area (Å²) in [7, 11) is 1.59. The number of halogens is 1. The molecule has 2 rings (SSSR count). The highest BCUT2D eigenvalue weighted by Crippen LogP contribution is 2.30. The number of aromatic nitrogens is 2. The van der Waals surface area contributed by atoms with E-state index in [0.29, 0.717) is 17.3 Å². The van der Waals surface area contributed by atoms with Crippen molar-refractivity contribution in [3.8, 4) is 17.0 Å². The van der Waals surface area contributed by atoms with Gasteiger partial charge in [0.25, 0.3) is 0 Å². The van der Waals surface area contributed by atoms with Crippen LogP contribution in [0.15, 0.2) is 18.2 Å². The minimum atomic E-state index is 0.394. The van der Waals surface area contributed by atoms with Crippen LogP contribution < -0.4 is 10.5 Å². The van der Waals surface area contributed by atoms with E-state index in [1.165, 1.54) is 0 Å². The van der Waals surface area contributed by atoms with Crippen molar-refractivity contribution < 1.29 is 4.74 Å². The lowest BCUT2D eigenvalue weighted by atomic mass is 10.1. The SMILES string of the molecule is COc1ccc(-c2nc(CN)[nH]c2C)cc1Cl. The summed E-state index contributed by atoms with van der Waals surface area (Å²) in [6, 6.07) is 5.59. The first kappa shape index (κ1) is 12.0. The Kier molecular flexibility index (Phi) is 3.36. The van der Waals surface area contributed by atoms with E-state index in [0.717, 1.165) is 22.8 Å². The van der Waals surface area contributed by atoms with Crippen LogP contribution in [-0.2, 0) is 6.54 Å². The van der Waals surface area contributed by atoms with Crippen LogP contribution in [0.5, 0.6) is 5.75 Å². The molecule has 4 nitrogen and oxygen atoms in total. The van der Waals surface area contributed by atoms with Crippen molar-refractivity contribution in [1.82, 2.24) is 9.97 Å². The van der Waals surface area contributed by atoms with Crippen LogP contribution in [0.3, 0.4) is 0 Å². The standard InChI is InChI=1S/C12H14ClN3O/c1-7-12(16-11(6-14)15-7)8-3-4-10(17-2)9(13)5-8/h3-5H,6,14H2,1-2H3,(H,15,16). The van der Waals surface area contributed by atoms with Crippen molar-refractivity contribution in [3.63, 3.8) is 0 Å². The van der Waals surface area contributed by atoms with Gasteiger partial charge < -0.3 is 15.5 Å². The first-order chi connectivity index (χ1) is 8.15. The van der Waals surface area contributed by atoms with Gasteiger partial charge >= 0.3 is 0 Å². The van der Waals surface area contributed by atoms with Crippen LogP contribution in [0.4, 0.5) is 0 Å². The quantitative estimate of drug-likeness (QED) is 0.881. The molecular weight excluding hydrogens is 238 g/mol. The fourth-order valence-electron chi connectivity index (χ4n) is 1.71. The molecule has 90 valence electrons. The van der Waals surface area contributed by atoms with Gasteiger partial charge in [-0.2, -0.15) is 0 Å². The zero-order valence-electron chi connectivity index (χ0n) is 9.75. The number of aromatic amines is 1. The molecular formula is C12H14ClN3O. The molecule has 1 aromatic heterocycles. The Bertz CT molecular complexity index is 537. The molecule has 0 saturated heterocycles. The summed E-state index contributed by atoms with van der Waals surface area (Å²) >= 11 is 6.08. The molecule has 0 spiro atoms. The normalized spacial score (nSPS) is 10.6. The van der Waals surface area contributed by atoms with E-state index in [4.69, 9.17) is 22.1 Å². The number of aryl methyl sites for hydroxylation is 1. The highest BCUT2D eigenvalue weighted by Gasteiger charge is 2.10. The number of nitrogens with zero attached hydrogens (tertiary/aromatic N) is 1. The molecule has 3 N–H and O–H groups in total. The van der Waals surface area contributed by atoms with Crippen molar-refractivity contribution in [2.75, 3.05) is 7.11 Å². The topological polar surface area (TPSA) is 63.9 Å². The van der Waals surface area contributed by atoms with Gasteiger partial charge in [-0.25, -0.2) is 4.98 Å². The van der Waals surface area contributed by atoms with Gasteiger partial charge in [-0.15, -0.1) is 0 Å². The molecule has 17 heavy (non-hydrogen) atoms. The van der Waals surface area contributed by atoms with Gasteiger partial charge in [0.2, 0.25) is 0 Å². The molecule has 1 heterocycles. The zero-order chi connectivity index (χ0) is 12.4. The third-order valence-corrected chi connectivity index (χ3v) is 2.85. The largest absolute Gasteiger partial charge is 0.495 e. The summed E-state index contributed by atoms with van der Waals surface area (Å²) in [5.74, 6) is 1.42. The molecule has 0 amide bonds. The number of nitrogens with one attached hydrogen (secondary N) is 1. The predicted octanol–water partition coefficient (Wildman–Crippen LogP) is 2.51. The van der Waals surface area contributed by atoms with Crippen molar-refractivity contribution in [2.45, 2.75) is 13.5 Å². The number of rotatable bonds is 3. The van der Waals surface area contributed by atoms with Crippen LogP contribution >= 0.6 is 11.6 Å². The minimum absolute atomic E-state index is 0.394. The molecule has 0 aliphatic rings. The average Bonchev–Trinajstić information content (AvgIpc) is 2.70. The lowest BCUT2D eigenvalue weighted by molar-refractivity contribution is 0.415. The molecule has 0 aliphatic heterocycles. The van der Waals surface area contributed by atoms with Gasteiger partial charge in [0.1, 0.15) is 11.6 Å². The molecule has 0 radical (unpaired) electrons. The van der Waals surface area contributed by atoms with E-state index >= 15 is 0 Å². The second-order valence-electron chi connectivity index (χ2n) is 3.71. The zero-order valence-corrected chi connectivity index (χ0v) is 10.5. The van der Waals surface area contributed by atoms with Crippen molar-refractivity contribution >= 4 is 11.6 Å². The fraction of sp³-hybridized carbons (Fsp3) is 0.250. The molecule has 0 saturated carbocycles. The summed E-state index contributed by atoms with van der Waals surface area (Å²) in [6.45, 7) is 2.35. The summed E-state index contributed by atoms with van der Waals surface area (Å²) in [5.41, 5.74) is 8.34. The van der Waals surface area contributed by atoms with Crippen LogP contribution in [0.25, 0.3) is 11.3 Å². The lowest BCUT2D eigenvalue weighted by Crippen LogP contribution is -1.97. The van der Waals surface area contributed by atoms with Gasteiger partial charge in [-0.05, 0) is 25.1 Å². The van der Waals surface area contributed by atoms with E-state index in [1.54, 1.807) is 7.11 Å². The highest BCUT2D eigenvalue weighted by molar-refractivity contribution is 6.32. The van der Waals surface area contributed by atoms with E-state index < -0.39 is 0 Å². The van der Waals surface area contributed by atoms with Gasteiger partial charge in [0.05, 0.1) is 24.4 Å². The van der Waals surface area contributed by atoms with Gasteiger partial charge in [0.15, 0.2) is 0 Å². The lowest BCUT2D eigenvalue weighted by Gasteiger charge is -2.04. The second kappa shape index (κ2) is 4.77. The van der Waals surface area contributed by atoms with E-state index in [2.05, 4.69) is 9.97 Å². The first-order valence-corrected chi connectivity index (χ1v) is 5.63. The Balaban J connectivity index is 2.45. The number of benzene rings is 1. The smallest absolute Gasteiger partial charge is 0.137 e. The number of nitrogens with two attached hydrogens (primary N) is 1. The molecule has 1 aromatic carbocycles. The Morgan fingerprint density at radius 1 is 1.47 bits per heavy atom. The van der Waals surface area contributed by atoms with Crippen molar-refractivity contribution in [3.05, 3.63) is 34.7 Å². The number of methoxy groups -OCH3 is 1. The number of hydrogen-bond acceptors (Lipinski definition) is 3. The molecule has 0 atom stereocenters. The summed E-state index contributed by atoms with van der Waals surface area (Å²) < 4.78 is 5.11. The molecule has 0 fully saturated rings. The van der Waals surface area contributed by atoms with Crippen LogP contribution in [0.2, 0.25) is 5.02 Å². The number of H-pyrrole nitrogens is 1. The average molecular weight is 252 g/mol. The van der Waals surface area contributed by atoms with E-state index in [-0.39, 0.29) is 0 Å². The molecule has 0 bridgehead atoms. The number of hydrogen-bond donors (Lipinski definition) is 2.